The van der Waals surface area contributed by atoms with Crippen molar-refractivity contribution in [3.8, 4) is 5.75 Å². The Morgan fingerprint density at radius 1 is 0.833 bits per heavy atom. The summed E-state index contributed by atoms with van der Waals surface area (Å²) < 4.78 is 5.22. The third-order valence-corrected chi connectivity index (χ3v) is 4.72. The molecule has 0 bridgehead atoms. The van der Waals surface area contributed by atoms with Gasteiger partial charge in [0.1, 0.15) is 12.2 Å². The Labute approximate surface area is 176 Å². The number of nitrogens with one attached hydrogen (secondary N) is 2. The molecule has 0 heterocycles. The van der Waals surface area contributed by atoms with Crippen LogP contribution in [0.3, 0.4) is 0 Å². The van der Waals surface area contributed by atoms with E-state index in [4.69, 9.17) is 10.5 Å². The fourth-order valence-electron chi connectivity index (χ4n) is 3.22. The molecule has 0 unspecified atom stereocenters. The van der Waals surface area contributed by atoms with Gasteiger partial charge < -0.3 is 21.1 Å². The van der Waals surface area contributed by atoms with E-state index in [9.17, 15) is 9.59 Å². The van der Waals surface area contributed by atoms with Gasteiger partial charge in [0, 0.05) is 0 Å². The zero-order valence-electron chi connectivity index (χ0n) is 16.7. The van der Waals surface area contributed by atoms with E-state index in [1.165, 1.54) is 7.11 Å². The number of methoxy groups -OCH3 is 1. The first-order chi connectivity index (χ1) is 14.6. The second-order valence-corrected chi connectivity index (χ2v) is 6.82. The van der Waals surface area contributed by atoms with E-state index in [2.05, 4.69) is 10.6 Å². The highest BCUT2D eigenvalue weighted by Crippen LogP contribution is 2.27. The quantitative estimate of drug-likeness (QED) is 0.501. The molecule has 0 aliphatic rings. The fraction of sp³-hybridized carbons (Fsp3) is 0.167. The summed E-state index contributed by atoms with van der Waals surface area (Å²) in [5.41, 5.74) is 8.75. The van der Waals surface area contributed by atoms with Gasteiger partial charge in [-0.3, -0.25) is 9.59 Å². The number of carbonyl (C=O) groups excluding carboxylic acids is 2. The summed E-state index contributed by atoms with van der Waals surface area (Å²) in [7, 11) is 1.52. The monoisotopic (exact) mass is 403 g/mol. The van der Waals surface area contributed by atoms with Gasteiger partial charge in [-0.25, -0.2) is 0 Å². The lowest BCUT2D eigenvalue weighted by molar-refractivity contribution is -0.127. The summed E-state index contributed by atoms with van der Waals surface area (Å²) in [4.78, 5) is 25.0. The predicted molar refractivity (Wildman–Crippen MR) is 117 cm³/mol. The van der Waals surface area contributed by atoms with Crippen molar-refractivity contribution in [2.24, 2.45) is 5.73 Å². The Morgan fingerprint density at radius 2 is 1.40 bits per heavy atom. The van der Waals surface area contributed by atoms with Gasteiger partial charge in [0.25, 0.3) is 0 Å². The van der Waals surface area contributed by atoms with Gasteiger partial charge in [0.05, 0.1) is 24.9 Å². The number of para-hydroxylation sites is 2. The number of rotatable bonds is 8. The van der Waals surface area contributed by atoms with Crippen molar-refractivity contribution in [1.29, 1.82) is 0 Å². The molecule has 0 saturated heterocycles. The van der Waals surface area contributed by atoms with Crippen molar-refractivity contribution in [3.05, 3.63) is 96.1 Å². The summed E-state index contributed by atoms with van der Waals surface area (Å²) in [6, 6.07) is 25.1. The van der Waals surface area contributed by atoms with Crippen molar-refractivity contribution in [1.82, 2.24) is 5.32 Å². The van der Waals surface area contributed by atoms with E-state index in [1.54, 1.807) is 24.3 Å². The van der Waals surface area contributed by atoms with Gasteiger partial charge in [-0.1, -0.05) is 72.8 Å². The van der Waals surface area contributed by atoms with Gasteiger partial charge in [-0.2, -0.15) is 0 Å². The van der Waals surface area contributed by atoms with Crippen LogP contribution in [0.1, 0.15) is 29.6 Å². The van der Waals surface area contributed by atoms with Crippen LogP contribution in [0.2, 0.25) is 0 Å². The average Bonchev–Trinajstić information content (AvgIpc) is 2.78. The number of ether oxygens (including phenoxy) is 1. The highest BCUT2D eigenvalue weighted by Gasteiger charge is 2.24. The Kier molecular flexibility index (Phi) is 7.19. The highest BCUT2D eigenvalue weighted by molar-refractivity contribution is 6.04. The first-order valence-corrected chi connectivity index (χ1v) is 9.66. The lowest BCUT2D eigenvalue weighted by Gasteiger charge is -2.26. The summed E-state index contributed by atoms with van der Waals surface area (Å²) >= 11 is 0. The molecule has 0 aromatic heterocycles. The molecule has 2 atom stereocenters. The van der Waals surface area contributed by atoms with Crippen LogP contribution in [-0.4, -0.2) is 18.9 Å². The van der Waals surface area contributed by atoms with Crippen LogP contribution in [0.25, 0.3) is 0 Å². The van der Waals surface area contributed by atoms with E-state index < -0.39 is 23.9 Å². The Morgan fingerprint density at radius 3 is 2.03 bits per heavy atom. The molecular weight excluding hydrogens is 378 g/mol. The van der Waals surface area contributed by atoms with Crippen LogP contribution >= 0.6 is 0 Å². The number of benzene rings is 3. The zero-order valence-corrected chi connectivity index (χ0v) is 16.7. The number of hydrogen-bond donors (Lipinski definition) is 3. The van der Waals surface area contributed by atoms with Gasteiger partial charge in [0.15, 0.2) is 0 Å². The molecule has 154 valence electrons. The number of anilines is 1. The highest BCUT2D eigenvalue weighted by atomic mass is 16.5. The zero-order chi connectivity index (χ0) is 21.3. The van der Waals surface area contributed by atoms with Crippen molar-refractivity contribution in [3.63, 3.8) is 0 Å². The van der Waals surface area contributed by atoms with E-state index >= 15 is 0 Å². The molecule has 4 N–H and O–H groups in total. The summed E-state index contributed by atoms with van der Waals surface area (Å²) in [6.07, 6.45) is -0.330. The third kappa shape index (κ3) is 5.46. The second kappa shape index (κ2) is 10.2. The lowest BCUT2D eigenvalue weighted by atomic mass is 9.94. The molecule has 0 spiro atoms. The summed E-state index contributed by atoms with van der Waals surface area (Å²) in [6.45, 7) is 0. The first kappa shape index (κ1) is 21.1. The van der Waals surface area contributed by atoms with Crippen molar-refractivity contribution in [2.45, 2.75) is 18.5 Å². The van der Waals surface area contributed by atoms with E-state index in [0.717, 1.165) is 11.1 Å². The van der Waals surface area contributed by atoms with Gasteiger partial charge in [-0.15, -0.1) is 0 Å². The van der Waals surface area contributed by atoms with E-state index in [0.29, 0.717) is 11.4 Å². The molecule has 3 aromatic rings. The first-order valence-electron chi connectivity index (χ1n) is 9.66. The number of nitrogens with two attached hydrogens (primary N) is 1. The standard InChI is InChI=1S/C24H25N3O3/c1-30-20-15-9-8-14-19(20)26-21(28)16-22(29)27-24(18-12-6-3-7-13-18)23(25)17-10-4-2-5-11-17/h2-15,23-24H,16,25H2,1H3,(H,26,28)(H,27,29)/t23-,24-/m1/s1. The second-order valence-electron chi connectivity index (χ2n) is 6.82. The van der Waals surface area contributed by atoms with E-state index in [1.807, 2.05) is 60.7 Å². The molecule has 6 heteroatoms. The fourth-order valence-corrected chi connectivity index (χ4v) is 3.22. The molecule has 30 heavy (non-hydrogen) atoms. The molecule has 6 nitrogen and oxygen atoms in total. The number of hydrogen-bond acceptors (Lipinski definition) is 4. The minimum atomic E-state index is -0.472. The normalized spacial score (nSPS) is 12.5. The van der Waals surface area contributed by atoms with Gasteiger partial charge >= 0.3 is 0 Å². The maximum absolute atomic E-state index is 12.7. The van der Waals surface area contributed by atoms with E-state index in [-0.39, 0.29) is 6.42 Å². The van der Waals surface area contributed by atoms with Gasteiger partial charge in [0.2, 0.25) is 11.8 Å². The molecule has 0 aliphatic carbocycles. The number of amides is 2. The lowest BCUT2D eigenvalue weighted by Crippen LogP contribution is -2.37. The molecule has 0 radical (unpaired) electrons. The molecule has 3 aromatic carbocycles. The molecule has 3 rings (SSSR count). The molecule has 0 aliphatic heterocycles. The largest absolute Gasteiger partial charge is 0.495 e. The predicted octanol–water partition coefficient (Wildman–Crippen LogP) is 3.58. The Hall–Kier alpha value is -3.64. The topological polar surface area (TPSA) is 93.4 Å². The smallest absolute Gasteiger partial charge is 0.233 e. The van der Waals surface area contributed by atoms with Crippen molar-refractivity contribution < 1.29 is 14.3 Å². The molecule has 0 saturated carbocycles. The van der Waals surface area contributed by atoms with Gasteiger partial charge in [-0.05, 0) is 23.3 Å². The Balaban J connectivity index is 1.71. The minimum absolute atomic E-state index is 0.330. The van der Waals surface area contributed by atoms with Crippen LogP contribution in [0.15, 0.2) is 84.9 Å². The van der Waals surface area contributed by atoms with Crippen LogP contribution in [0.4, 0.5) is 5.69 Å². The summed E-state index contributed by atoms with van der Waals surface area (Å²) in [5.74, 6) is -0.320. The van der Waals surface area contributed by atoms with Crippen LogP contribution in [0.5, 0.6) is 5.75 Å². The van der Waals surface area contributed by atoms with Crippen molar-refractivity contribution >= 4 is 17.5 Å². The maximum Gasteiger partial charge on any atom is 0.233 e. The maximum atomic E-state index is 12.7. The molecular formula is C24H25N3O3. The summed E-state index contributed by atoms with van der Waals surface area (Å²) in [5, 5.41) is 5.63. The Bertz CT molecular complexity index is 977. The van der Waals surface area contributed by atoms with Crippen molar-refractivity contribution in [2.75, 3.05) is 12.4 Å². The van der Waals surface area contributed by atoms with Crippen LogP contribution < -0.4 is 21.1 Å². The average molecular weight is 403 g/mol. The SMILES string of the molecule is COc1ccccc1NC(=O)CC(=O)N[C@H](c1ccccc1)[C@H](N)c1ccccc1. The van der Waals surface area contributed by atoms with Crippen LogP contribution in [-0.2, 0) is 9.59 Å². The minimum Gasteiger partial charge on any atom is -0.495 e. The number of carbonyl (C=O) groups is 2. The van der Waals surface area contributed by atoms with Crippen LogP contribution in [0, 0.1) is 0 Å². The third-order valence-electron chi connectivity index (χ3n) is 4.72. The molecule has 2 amide bonds. The molecule has 0 fully saturated rings.